The number of nitrogens with two attached hydrogens (primary N) is 2. The van der Waals surface area contributed by atoms with Crippen LogP contribution in [-0.4, -0.2) is 79.6 Å². The van der Waals surface area contributed by atoms with Crippen LogP contribution in [0.15, 0.2) is 6.33 Å². The number of aliphatic hydroxyl groups is 2. The van der Waals surface area contributed by atoms with Gasteiger partial charge >= 0.3 is 0 Å². The Kier molecular flexibility index (Phi) is 5.16. The van der Waals surface area contributed by atoms with Crippen LogP contribution in [0, 0.1) is 6.92 Å². The van der Waals surface area contributed by atoms with Crippen molar-refractivity contribution < 1.29 is 14.9 Å². The van der Waals surface area contributed by atoms with E-state index in [4.69, 9.17) is 16.2 Å². The Bertz CT molecular complexity index is 737. The van der Waals surface area contributed by atoms with Gasteiger partial charge in [-0.2, -0.15) is 0 Å². The van der Waals surface area contributed by atoms with Crippen LogP contribution < -0.4 is 11.5 Å². The quantitative estimate of drug-likeness (QED) is 0.494. The number of aliphatic hydroxyl groups excluding tert-OH is 2. The van der Waals surface area contributed by atoms with Gasteiger partial charge in [-0.1, -0.05) is 0 Å². The number of aryl methyl sites for hydroxylation is 1. The SMILES string of the molecule is Cc1nc2c(N)ncnc2n1[C@@H]1O[C@H](CN(C)CCCN)[C@@H](O)[C@H]1O. The fourth-order valence-electron chi connectivity index (χ4n) is 3.19. The van der Waals surface area contributed by atoms with E-state index in [0.717, 1.165) is 13.0 Å². The molecule has 138 valence electrons. The lowest BCUT2D eigenvalue weighted by Crippen LogP contribution is -2.39. The molecule has 1 aliphatic rings. The number of anilines is 1. The van der Waals surface area contributed by atoms with Gasteiger partial charge in [-0.25, -0.2) is 15.0 Å². The predicted octanol–water partition coefficient (Wildman–Crippen LogP) is -1.38. The first kappa shape index (κ1) is 18.0. The number of fused-ring (bicyclic) bond motifs is 1. The number of ether oxygens (including phenoxy) is 1. The van der Waals surface area contributed by atoms with Crippen molar-refractivity contribution in [1.29, 1.82) is 0 Å². The second kappa shape index (κ2) is 7.18. The van der Waals surface area contributed by atoms with Crippen LogP contribution in [-0.2, 0) is 4.74 Å². The molecule has 1 aliphatic heterocycles. The lowest BCUT2D eigenvalue weighted by Gasteiger charge is -2.22. The molecule has 0 bridgehead atoms. The summed E-state index contributed by atoms with van der Waals surface area (Å²) in [5, 5.41) is 20.9. The number of imidazole rings is 1. The summed E-state index contributed by atoms with van der Waals surface area (Å²) in [5.41, 5.74) is 12.3. The van der Waals surface area contributed by atoms with Crippen LogP contribution in [0.3, 0.4) is 0 Å². The summed E-state index contributed by atoms with van der Waals surface area (Å²) >= 11 is 0. The van der Waals surface area contributed by atoms with Crippen LogP contribution in [0.5, 0.6) is 0 Å². The first-order valence-electron chi connectivity index (χ1n) is 8.29. The number of hydrogen-bond acceptors (Lipinski definition) is 9. The van der Waals surface area contributed by atoms with Crippen LogP contribution in [0.4, 0.5) is 5.82 Å². The average Bonchev–Trinajstić information content (AvgIpc) is 3.05. The van der Waals surface area contributed by atoms with E-state index in [1.165, 1.54) is 6.33 Å². The molecule has 0 aromatic carbocycles. The molecule has 10 heteroatoms. The zero-order valence-electron chi connectivity index (χ0n) is 14.4. The Labute approximate surface area is 145 Å². The first-order chi connectivity index (χ1) is 11.9. The standard InChI is InChI=1S/C15H25N7O3/c1-8-20-10-13(17)18-7-19-14(10)22(8)15-12(24)11(23)9(25-15)6-21(2)5-3-4-16/h7,9,11-12,15,23-24H,3-6,16H2,1-2H3,(H2,17,18,19)/t9-,11-,12-,15-/m1/s1. The van der Waals surface area contributed by atoms with E-state index in [1.54, 1.807) is 11.5 Å². The van der Waals surface area contributed by atoms with Gasteiger partial charge in [0, 0.05) is 6.54 Å². The van der Waals surface area contributed by atoms with E-state index in [1.807, 2.05) is 11.9 Å². The highest BCUT2D eigenvalue weighted by molar-refractivity contribution is 5.81. The Balaban J connectivity index is 1.84. The molecular weight excluding hydrogens is 326 g/mol. The largest absolute Gasteiger partial charge is 0.387 e. The van der Waals surface area contributed by atoms with Crippen LogP contribution in [0.25, 0.3) is 11.2 Å². The average molecular weight is 351 g/mol. The normalized spacial score (nSPS) is 26.8. The van der Waals surface area contributed by atoms with Crippen molar-refractivity contribution in [2.24, 2.45) is 5.73 Å². The molecule has 6 N–H and O–H groups in total. The molecule has 10 nitrogen and oxygen atoms in total. The Hall–Kier alpha value is -1.85. The van der Waals surface area contributed by atoms with E-state index < -0.39 is 24.5 Å². The third kappa shape index (κ3) is 3.31. The predicted molar refractivity (Wildman–Crippen MR) is 91.6 cm³/mol. The molecule has 0 unspecified atom stereocenters. The third-order valence-electron chi connectivity index (χ3n) is 4.51. The van der Waals surface area contributed by atoms with E-state index >= 15 is 0 Å². The summed E-state index contributed by atoms with van der Waals surface area (Å²) in [6, 6.07) is 0. The van der Waals surface area contributed by atoms with Gasteiger partial charge in [0.05, 0.1) is 0 Å². The molecule has 1 saturated heterocycles. The fourth-order valence-corrected chi connectivity index (χ4v) is 3.19. The Morgan fingerprint density at radius 1 is 1.32 bits per heavy atom. The molecule has 2 aromatic heterocycles. The van der Waals surface area contributed by atoms with Crippen molar-refractivity contribution in [3.05, 3.63) is 12.2 Å². The van der Waals surface area contributed by atoms with Gasteiger partial charge < -0.3 is 31.3 Å². The maximum atomic E-state index is 10.5. The number of rotatable bonds is 6. The summed E-state index contributed by atoms with van der Waals surface area (Å²) in [4.78, 5) is 14.5. The minimum atomic E-state index is -1.10. The maximum absolute atomic E-state index is 10.5. The van der Waals surface area contributed by atoms with Crippen LogP contribution >= 0.6 is 0 Å². The van der Waals surface area contributed by atoms with E-state index in [9.17, 15) is 10.2 Å². The lowest BCUT2D eigenvalue weighted by atomic mass is 10.1. The van der Waals surface area contributed by atoms with Crippen molar-refractivity contribution in [3.63, 3.8) is 0 Å². The van der Waals surface area contributed by atoms with Crippen molar-refractivity contribution in [2.45, 2.75) is 37.9 Å². The van der Waals surface area contributed by atoms with E-state index in [0.29, 0.717) is 30.1 Å². The van der Waals surface area contributed by atoms with Gasteiger partial charge in [-0.15, -0.1) is 0 Å². The van der Waals surface area contributed by atoms with Gasteiger partial charge in [0.25, 0.3) is 0 Å². The number of aromatic nitrogens is 4. The zero-order chi connectivity index (χ0) is 18.1. The minimum absolute atomic E-state index is 0.262. The van der Waals surface area contributed by atoms with Crippen molar-refractivity contribution >= 4 is 17.0 Å². The summed E-state index contributed by atoms with van der Waals surface area (Å²) in [6.07, 6.45) is -1.24. The van der Waals surface area contributed by atoms with Crippen LogP contribution in [0.1, 0.15) is 18.5 Å². The molecule has 1 fully saturated rings. The molecule has 0 aliphatic carbocycles. The molecule has 3 heterocycles. The van der Waals surface area contributed by atoms with Gasteiger partial charge in [-0.05, 0) is 33.5 Å². The van der Waals surface area contributed by atoms with Gasteiger partial charge in [0.15, 0.2) is 23.2 Å². The summed E-state index contributed by atoms with van der Waals surface area (Å²) < 4.78 is 7.61. The Morgan fingerprint density at radius 2 is 2.08 bits per heavy atom. The zero-order valence-corrected chi connectivity index (χ0v) is 14.4. The molecule has 0 radical (unpaired) electrons. The van der Waals surface area contributed by atoms with Crippen molar-refractivity contribution in [2.75, 3.05) is 32.4 Å². The summed E-state index contributed by atoms with van der Waals surface area (Å²) in [7, 11) is 1.93. The molecule has 2 aromatic rings. The van der Waals surface area contributed by atoms with Crippen molar-refractivity contribution in [1.82, 2.24) is 24.4 Å². The highest BCUT2D eigenvalue weighted by Gasteiger charge is 2.45. The number of nitrogen functional groups attached to an aromatic ring is 1. The highest BCUT2D eigenvalue weighted by atomic mass is 16.6. The number of nitrogens with zero attached hydrogens (tertiary/aromatic N) is 5. The topological polar surface area (TPSA) is 149 Å². The molecule has 4 atom stereocenters. The Morgan fingerprint density at radius 3 is 2.80 bits per heavy atom. The highest BCUT2D eigenvalue weighted by Crippen LogP contribution is 2.33. The van der Waals surface area contributed by atoms with Gasteiger partial charge in [0.2, 0.25) is 0 Å². The summed E-state index contributed by atoms with van der Waals surface area (Å²) in [5.74, 6) is 0.841. The second-order valence-electron chi connectivity index (χ2n) is 6.41. The second-order valence-corrected chi connectivity index (χ2v) is 6.41. The molecule has 0 spiro atoms. The molecule has 25 heavy (non-hydrogen) atoms. The van der Waals surface area contributed by atoms with E-state index in [2.05, 4.69) is 15.0 Å². The number of hydrogen-bond donors (Lipinski definition) is 4. The maximum Gasteiger partial charge on any atom is 0.167 e. The molecular formula is C15H25N7O3. The monoisotopic (exact) mass is 351 g/mol. The molecule has 0 saturated carbocycles. The number of likely N-dealkylation sites (N-methyl/N-ethyl adjacent to an activating group) is 1. The fraction of sp³-hybridized carbons (Fsp3) is 0.667. The van der Waals surface area contributed by atoms with Gasteiger partial charge in [0.1, 0.15) is 30.5 Å². The third-order valence-corrected chi connectivity index (χ3v) is 4.51. The smallest absolute Gasteiger partial charge is 0.167 e. The van der Waals surface area contributed by atoms with Crippen molar-refractivity contribution in [3.8, 4) is 0 Å². The lowest BCUT2D eigenvalue weighted by molar-refractivity contribution is -0.0431. The minimum Gasteiger partial charge on any atom is -0.387 e. The van der Waals surface area contributed by atoms with Gasteiger partial charge in [-0.3, -0.25) is 4.57 Å². The molecule has 0 amide bonds. The van der Waals surface area contributed by atoms with E-state index in [-0.39, 0.29) is 5.82 Å². The summed E-state index contributed by atoms with van der Waals surface area (Å²) in [6.45, 7) is 3.65. The first-order valence-corrected chi connectivity index (χ1v) is 8.29. The van der Waals surface area contributed by atoms with Crippen LogP contribution in [0.2, 0.25) is 0 Å². The molecule has 3 rings (SSSR count).